The number of nitrogen functional groups attached to an aromatic ring is 1. The van der Waals surface area contributed by atoms with Crippen molar-refractivity contribution in [2.45, 2.75) is 13.8 Å². The average Bonchev–Trinajstić information content (AvgIpc) is 3.02. The summed E-state index contributed by atoms with van der Waals surface area (Å²) in [5.74, 6) is 0.704. The Morgan fingerprint density at radius 1 is 1.14 bits per heavy atom. The summed E-state index contributed by atoms with van der Waals surface area (Å²) in [6.07, 6.45) is 3.23. The molecule has 0 radical (unpaired) electrons. The maximum absolute atomic E-state index is 6.04. The Bertz CT molecular complexity index is 789. The summed E-state index contributed by atoms with van der Waals surface area (Å²) in [4.78, 5) is 8.21. The molecule has 0 saturated carbocycles. The van der Waals surface area contributed by atoms with Crippen LogP contribution in [0.2, 0.25) is 0 Å². The number of nitrogens with zero attached hydrogens (tertiary/aromatic N) is 8. The van der Waals surface area contributed by atoms with E-state index in [0.29, 0.717) is 28.3 Å². The largest absolute Gasteiger partial charge is 0.382 e. The minimum absolute atomic E-state index is 0.323. The molecule has 0 aliphatic heterocycles. The number of azo groups is 1. The van der Waals surface area contributed by atoms with E-state index in [4.69, 9.17) is 5.73 Å². The zero-order chi connectivity index (χ0) is 14.8. The molecule has 9 nitrogen and oxygen atoms in total. The lowest BCUT2D eigenvalue weighted by Crippen LogP contribution is -2.05. The van der Waals surface area contributed by atoms with E-state index in [-0.39, 0.29) is 0 Å². The second kappa shape index (κ2) is 5.32. The molecule has 3 aromatic heterocycles. The molecule has 0 unspecified atom stereocenters. The van der Waals surface area contributed by atoms with Gasteiger partial charge in [-0.15, -0.1) is 20.4 Å². The molecule has 0 amide bonds. The van der Waals surface area contributed by atoms with Crippen LogP contribution in [0.1, 0.15) is 10.7 Å². The first-order chi connectivity index (χ1) is 10.1. The third-order valence-corrected chi connectivity index (χ3v) is 3.28. The summed E-state index contributed by atoms with van der Waals surface area (Å²) in [7, 11) is 0. The summed E-state index contributed by atoms with van der Waals surface area (Å²) >= 11 is 1.35. The van der Waals surface area contributed by atoms with Crippen LogP contribution in [0.25, 0.3) is 5.95 Å². The Morgan fingerprint density at radius 3 is 2.57 bits per heavy atom. The lowest BCUT2D eigenvalue weighted by atomic mass is 10.4. The first-order valence-corrected chi connectivity index (χ1v) is 6.81. The summed E-state index contributed by atoms with van der Waals surface area (Å²) < 4.78 is 1.43. The molecular weight excluding hydrogens is 290 g/mol. The van der Waals surface area contributed by atoms with Gasteiger partial charge >= 0.3 is 0 Å². The zero-order valence-electron chi connectivity index (χ0n) is 11.3. The molecule has 0 atom stereocenters. The number of rotatable bonds is 3. The van der Waals surface area contributed by atoms with Gasteiger partial charge in [0, 0.05) is 12.4 Å². The summed E-state index contributed by atoms with van der Waals surface area (Å²) in [6.45, 7) is 3.64. The minimum Gasteiger partial charge on any atom is -0.382 e. The van der Waals surface area contributed by atoms with Crippen molar-refractivity contribution < 1.29 is 0 Å². The van der Waals surface area contributed by atoms with E-state index in [9.17, 15) is 0 Å². The van der Waals surface area contributed by atoms with E-state index >= 15 is 0 Å². The van der Waals surface area contributed by atoms with E-state index in [1.807, 2.05) is 6.92 Å². The van der Waals surface area contributed by atoms with Crippen molar-refractivity contribution >= 4 is 28.0 Å². The smallest absolute Gasteiger partial charge is 0.252 e. The summed E-state index contributed by atoms with van der Waals surface area (Å²) in [6, 6.07) is 1.72. The highest BCUT2D eigenvalue weighted by Gasteiger charge is 2.15. The van der Waals surface area contributed by atoms with Gasteiger partial charge in [0.2, 0.25) is 0 Å². The van der Waals surface area contributed by atoms with Crippen molar-refractivity contribution in [3.63, 3.8) is 0 Å². The van der Waals surface area contributed by atoms with E-state index in [2.05, 4.69) is 35.5 Å². The zero-order valence-corrected chi connectivity index (χ0v) is 12.1. The van der Waals surface area contributed by atoms with E-state index in [1.54, 1.807) is 25.4 Å². The maximum Gasteiger partial charge on any atom is 0.252 e. The van der Waals surface area contributed by atoms with Crippen molar-refractivity contribution in [1.29, 1.82) is 0 Å². The molecule has 106 valence electrons. The van der Waals surface area contributed by atoms with Crippen LogP contribution in [-0.4, -0.2) is 29.9 Å². The molecule has 3 rings (SSSR count). The Labute approximate surface area is 123 Å². The van der Waals surface area contributed by atoms with Crippen molar-refractivity contribution in [1.82, 2.24) is 29.9 Å². The SMILES string of the molecule is Cc1nnc(N=Nc2c(C)nn(-c3ncccn3)c2N)s1. The molecule has 2 N–H and O–H groups in total. The molecule has 0 fully saturated rings. The molecule has 0 aromatic carbocycles. The molecular formula is C11H11N9S. The topological polar surface area (TPSA) is 120 Å². The summed E-state index contributed by atoms with van der Waals surface area (Å²) in [5, 5.41) is 21.4. The Kier molecular flexibility index (Phi) is 3.36. The highest BCUT2D eigenvalue weighted by molar-refractivity contribution is 7.14. The third-order valence-electron chi connectivity index (χ3n) is 2.56. The first kappa shape index (κ1) is 13.2. The fourth-order valence-electron chi connectivity index (χ4n) is 1.63. The normalized spacial score (nSPS) is 11.3. The molecule has 0 spiro atoms. The average molecular weight is 301 g/mol. The first-order valence-electron chi connectivity index (χ1n) is 5.99. The van der Waals surface area contributed by atoms with Crippen LogP contribution in [0, 0.1) is 13.8 Å². The monoisotopic (exact) mass is 301 g/mol. The van der Waals surface area contributed by atoms with Crippen molar-refractivity contribution in [3.05, 3.63) is 29.2 Å². The second-order valence-corrected chi connectivity index (χ2v) is 5.24. The Hall–Kier alpha value is -2.75. The number of hydrogen-bond acceptors (Lipinski definition) is 9. The molecule has 0 bridgehead atoms. The van der Waals surface area contributed by atoms with Gasteiger partial charge in [0.25, 0.3) is 11.1 Å². The van der Waals surface area contributed by atoms with E-state index in [1.165, 1.54) is 16.0 Å². The molecule has 3 heterocycles. The van der Waals surface area contributed by atoms with E-state index < -0.39 is 0 Å². The van der Waals surface area contributed by atoms with Crippen LogP contribution in [-0.2, 0) is 0 Å². The van der Waals surface area contributed by atoms with Gasteiger partial charge in [0.05, 0.1) is 5.69 Å². The van der Waals surface area contributed by atoms with Crippen LogP contribution in [0.3, 0.4) is 0 Å². The van der Waals surface area contributed by atoms with E-state index in [0.717, 1.165) is 5.01 Å². The van der Waals surface area contributed by atoms with Gasteiger partial charge in [-0.2, -0.15) is 9.78 Å². The fourth-order valence-corrected chi connectivity index (χ4v) is 2.14. The molecule has 0 saturated heterocycles. The highest BCUT2D eigenvalue weighted by atomic mass is 32.1. The van der Waals surface area contributed by atoms with Crippen LogP contribution >= 0.6 is 11.3 Å². The van der Waals surface area contributed by atoms with Gasteiger partial charge in [-0.05, 0) is 19.9 Å². The van der Waals surface area contributed by atoms with Gasteiger partial charge in [0.1, 0.15) is 5.01 Å². The molecule has 10 heteroatoms. The third kappa shape index (κ3) is 2.60. The fraction of sp³-hybridized carbons (Fsp3) is 0.182. The van der Waals surface area contributed by atoms with Crippen LogP contribution < -0.4 is 5.73 Å². The van der Waals surface area contributed by atoms with Gasteiger partial charge in [-0.3, -0.25) is 0 Å². The summed E-state index contributed by atoms with van der Waals surface area (Å²) in [5.41, 5.74) is 7.14. The molecule has 3 aromatic rings. The molecule has 21 heavy (non-hydrogen) atoms. The lowest BCUT2D eigenvalue weighted by Gasteiger charge is -1.99. The predicted octanol–water partition coefficient (Wildman–Crippen LogP) is 2.13. The van der Waals surface area contributed by atoms with Crippen LogP contribution in [0.4, 0.5) is 16.6 Å². The maximum atomic E-state index is 6.04. The highest BCUT2D eigenvalue weighted by Crippen LogP contribution is 2.30. The number of nitrogens with two attached hydrogens (primary N) is 1. The van der Waals surface area contributed by atoms with Gasteiger partial charge in [0.15, 0.2) is 11.5 Å². The number of hydrogen-bond donors (Lipinski definition) is 1. The quantitative estimate of drug-likeness (QED) is 0.740. The standard InChI is InChI=1S/C11H11N9S/c1-6-8(16-18-11-17-15-7(2)21-11)9(12)20(19-6)10-13-4-3-5-14-10/h3-5H,12H2,1-2H3. The number of anilines is 1. The minimum atomic E-state index is 0.323. The van der Waals surface area contributed by atoms with Crippen molar-refractivity contribution in [2.75, 3.05) is 5.73 Å². The van der Waals surface area contributed by atoms with Gasteiger partial charge in [-0.25, -0.2) is 9.97 Å². The Morgan fingerprint density at radius 2 is 1.90 bits per heavy atom. The van der Waals surface area contributed by atoms with Crippen molar-refractivity contribution in [2.24, 2.45) is 10.2 Å². The van der Waals surface area contributed by atoms with Gasteiger partial charge in [-0.1, -0.05) is 11.3 Å². The lowest BCUT2D eigenvalue weighted by molar-refractivity contribution is 0.805. The van der Waals surface area contributed by atoms with Crippen LogP contribution in [0.15, 0.2) is 28.7 Å². The number of aromatic nitrogens is 6. The van der Waals surface area contributed by atoms with Crippen molar-refractivity contribution in [3.8, 4) is 5.95 Å². The van der Waals surface area contributed by atoms with Gasteiger partial charge < -0.3 is 5.73 Å². The predicted molar refractivity (Wildman–Crippen MR) is 77.1 cm³/mol. The van der Waals surface area contributed by atoms with Crippen LogP contribution in [0.5, 0.6) is 0 Å². The molecule has 0 aliphatic rings. The molecule has 0 aliphatic carbocycles. The Balaban J connectivity index is 1.97. The number of aryl methyl sites for hydroxylation is 2. The second-order valence-electron chi connectivity index (χ2n) is 4.08.